The molecule has 26 heavy (non-hydrogen) atoms. The summed E-state index contributed by atoms with van der Waals surface area (Å²) in [4.78, 5) is 0. The number of nitrogens with zero attached hydrogens (tertiary/aromatic N) is 1. The Morgan fingerprint density at radius 3 is 2.65 bits per heavy atom. The van der Waals surface area contributed by atoms with Gasteiger partial charge in [-0.15, -0.1) is 24.2 Å². The molecule has 1 fully saturated rings. The molecule has 1 aromatic carbocycles. The zero-order chi connectivity index (χ0) is 18.7. The number of rotatable bonds is 7. The van der Waals surface area contributed by atoms with Crippen LogP contribution in [0.15, 0.2) is 24.3 Å². The molecule has 6 nitrogen and oxygen atoms in total. The zero-order valence-electron chi connectivity index (χ0n) is 15.6. The molecule has 1 aliphatic rings. The normalized spacial score (nSPS) is 19.8. The molecule has 0 saturated carbocycles. The maximum Gasteiger partial charge on any atom is 0.212 e. The van der Waals surface area contributed by atoms with Crippen molar-refractivity contribution in [2.45, 2.75) is 37.8 Å². The first-order valence-electron chi connectivity index (χ1n) is 8.31. The number of β-amino-alcohol motifs (C(OH)–C–C–N with tert-alkyl or cyclic N) is 1. The Balaban J connectivity index is 0.00000338. The Labute approximate surface area is 167 Å². The lowest BCUT2D eigenvalue weighted by molar-refractivity contribution is 0.0993. The average molecular weight is 425 g/mol. The number of aliphatic hydroxyl groups is 1. The summed E-state index contributed by atoms with van der Waals surface area (Å²) < 4.78 is 31.3. The van der Waals surface area contributed by atoms with Crippen molar-refractivity contribution < 1.29 is 18.3 Å². The molecular formula is C17H29ClN2O4S2. The maximum atomic E-state index is 12.0. The zero-order valence-corrected chi connectivity index (χ0v) is 18.1. The molecule has 2 unspecified atom stereocenters. The third-order valence-electron chi connectivity index (χ3n) is 3.76. The largest absolute Gasteiger partial charge is 0.490 e. The topological polar surface area (TPSA) is 78.9 Å². The Kier molecular flexibility index (Phi) is 8.70. The van der Waals surface area contributed by atoms with E-state index in [1.165, 1.54) is 10.6 Å². The lowest BCUT2D eigenvalue weighted by Crippen LogP contribution is -2.42. The number of hydrogen-bond donors (Lipinski definition) is 2. The fourth-order valence-corrected chi connectivity index (χ4v) is 5.35. The Hall–Kier alpha value is -0.510. The molecular weight excluding hydrogens is 396 g/mol. The SMILES string of the molecule is CC(C)(C)NCC(O)COc1ccccc1C1SCCN1S(C)(=O)=O.Cl. The van der Waals surface area contributed by atoms with E-state index in [9.17, 15) is 13.5 Å². The first kappa shape index (κ1) is 23.5. The van der Waals surface area contributed by atoms with Crippen LogP contribution in [0.1, 0.15) is 31.7 Å². The molecule has 0 aromatic heterocycles. The molecule has 150 valence electrons. The van der Waals surface area contributed by atoms with Crippen LogP contribution >= 0.6 is 24.2 Å². The molecule has 9 heteroatoms. The highest BCUT2D eigenvalue weighted by Gasteiger charge is 2.34. The van der Waals surface area contributed by atoms with Gasteiger partial charge in [0.1, 0.15) is 18.5 Å². The van der Waals surface area contributed by atoms with Gasteiger partial charge < -0.3 is 15.2 Å². The molecule has 2 rings (SSSR count). The lowest BCUT2D eigenvalue weighted by Gasteiger charge is -2.25. The molecule has 0 radical (unpaired) electrons. The molecule has 1 saturated heterocycles. The standard InChI is InChI=1S/C17H28N2O4S2.ClH/c1-17(2,3)18-11-13(20)12-23-15-8-6-5-7-14(15)16-19(9-10-24-16)25(4,21)22;/h5-8,13,16,18,20H,9-12H2,1-4H3;1H. The fraction of sp³-hybridized carbons (Fsp3) is 0.647. The summed E-state index contributed by atoms with van der Waals surface area (Å²) in [6.07, 6.45) is 0.589. The monoisotopic (exact) mass is 424 g/mol. The van der Waals surface area contributed by atoms with Crippen molar-refractivity contribution in [1.29, 1.82) is 0 Å². The van der Waals surface area contributed by atoms with E-state index in [0.717, 1.165) is 11.3 Å². The van der Waals surface area contributed by atoms with Gasteiger partial charge in [0, 0.05) is 29.9 Å². The molecule has 2 atom stereocenters. The highest BCUT2D eigenvalue weighted by Crippen LogP contribution is 2.43. The van der Waals surface area contributed by atoms with E-state index in [4.69, 9.17) is 4.74 Å². The summed E-state index contributed by atoms with van der Waals surface area (Å²) in [5, 5.41) is 13.1. The molecule has 2 N–H and O–H groups in total. The number of sulfonamides is 1. The second-order valence-electron chi connectivity index (χ2n) is 7.23. The van der Waals surface area contributed by atoms with Crippen LogP contribution in [0.5, 0.6) is 5.75 Å². The summed E-state index contributed by atoms with van der Waals surface area (Å²) in [7, 11) is -3.28. The van der Waals surface area contributed by atoms with Crippen molar-refractivity contribution in [3.63, 3.8) is 0 Å². The number of hydrogen-bond acceptors (Lipinski definition) is 6. The minimum atomic E-state index is -3.28. The van der Waals surface area contributed by atoms with Crippen LogP contribution in [0, 0.1) is 0 Å². The average Bonchev–Trinajstić information content (AvgIpc) is 3.00. The maximum absolute atomic E-state index is 12.0. The Morgan fingerprint density at radius 2 is 2.04 bits per heavy atom. The van der Waals surface area contributed by atoms with Crippen LogP contribution in [0.25, 0.3) is 0 Å². The molecule has 1 aromatic rings. The third-order valence-corrected chi connectivity index (χ3v) is 6.38. The predicted octanol–water partition coefficient (Wildman–Crippen LogP) is 2.24. The number of thioether (sulfide) groups is 1. The van der Waals surface area contributed by atoms with Crippen LogP contribution in [-0.2, 0) is 10.0 Å². The van der Waals surface area contributed by atoms with Crippen molar-refractivity contribution in [2.24, 2.45) is 0 Å². The van der Waals surface area contributed by atoms with Crippen molar-refractivity contribution in [2.75, 3.05) is 31.7 Å². The van der Waals surface area contributed by atoms with Crippen LogP contribution < -0.4 is 10.1 Å². The third kappa shape index (κ3) is 6.90. The van der Waals surface area contributed by atoms with Crippen LogP contribution in [0.3, 0.4) is 0 Å². The number of ether oxygens (including phenoxy) is 1. The van der Waals surface area contributed by atoms with Crippen molar-refractivity contribution in [1.82, 2.24) is 9.62 Å². The van der Waals surface area contributed by atoms with Crippen molar-refractivity contribution in [3.8, 4) is 5.75 Å². The lowest BCUT2D eigenvalue weighted by atomic mass is 10.1. The quantitative estimate of drug-likeness (QED) is 0.698. The molecule has 0 aliphatic carbocycles. The van der Waals surface area contributed by atoms with E-state index in [1.807, 2.05) is 45.0 Å². The molecule has 1 aliphatic heterocycles. The van der Waals surface area contributed by atoms with Gasteiger partial charge in [0.25, 0.3) is 0 Å². The minimum Gasteiger partial charge on any atom is -0.490 e. The van der Waals surface area contributed by atoms with Gasteiger partial charge in [-0.1, -0.05) is 18.2 Å². The first-order valence-corrected chi connectivity index (χ1v) is 11.2. The highest BCUT2D eigenvalue weighted by molar-refractivity contribution is 8.00. The van der Waals surface area contributed by atoms with E-state index in [2.05, 4.69) is 5.32 Å². The number of halogens is 1. The van der Waals surface area contributed by atoms with Gasteiger partial charge in [-0.05, 0) is 26.8 Å². The van der Waals surface area contributed by atoms with Crippen molar-refractivity contribution in [3.05, 3.63) is 29.8 Å². The summed E-state index contributed by atoms with van der Waals surface area (Å²) in [5.41, 5.74) is 0.751. The van der Waals surface area contributed by atoms with Gasteiger partial charge in [0.15, 0.2) is 0 Å². The van der Waals surface area contributed by atoms with Crippen LogP contribution in [0.4, 0.5) is 0 Å². The van der Waals surface area contributed by atoms with E-state index in [1.54, 1.807) is 11.8 Å². The molecule has 0 bridgehead atoms. The number of aliphatic hydroxyl groups excluding tert-OH is 1. The number of benzene rings is 1. The Morgan fingerprint density at radius 1 is 1.38 bits per heavy atom. The van der Waals surface area contributed by atoms with Gasteiger partial charge in [-0.25, -0.2) is 8.42 Å². The molecule has 0 amide bonds. The van der Waals surface area contributed by atoms with Gasteiger partial charge >= 0.3 is 0 Å². The molecule has 1 heterocycles. The van der Waals surface area contributed by atoms with Crippen molar-refractivity contribution >= 4 is 34.2 Å². The fourth-order valence-electron chi connectivity index (χ4n) is 2.52. The van der Waals surface area contributed by atoms with Crippen LogP contribution in [-0.4, -0.2) is 61.2 Å². The van der Waals surface area contributed by atoms with Gasteiger partial charge in [-0.3, -0.25) is 0 Å². The predicted molar refractivity (Wildman–Crippen MR) is 110 cm³/mol. The minimum absolute atomic E-state index is 0. The summed E-state index contributed by atoms with van der Waals surface area (Å²) >= 11 is 1.58. The smallest absolute Gasteiger partial charge is 0.212 e. The van der Waals surface area contributed by atoms with E-state index in [0.29, 0.717) is 18.8 Å². The number of para-hydroxylation sites is 1. The van der Waals surface area contributed by atoms with E-state index >= 15 is 0 Å². The van der Waals surface area contributed by atoms with E-state index < -0.39 is 16.1 Å². The summed E-state index contributed by atoms with van der Waals surface area (Å²) in [5.74, 6) is 1.37. The summed E-state index contributed by atoms with van der Waals surface area (Å²) in [6.45, 7) is 7.18. The number of nitrogens with one attached hydrogen (secondary N) is 1. The molecule has 0 spiro atoms. The van der Waals surface area contributed by atoms with E-state index in [-0.39, 0.29) is 29.9 Å². The second-order valence-corrected chi connectivity index (χ2v) is 10.4. The van der Waals surface area contributed by atoms with Gasteiger partial charge in [-0.2, -0.15) is 4.31 Å². The second kappa shape index (κ2) is 9.61. The Bertz CT molecular complexity index is 680. The van der Waals surface area contributed by atoms with Crippen LogP contribution in [0.2, 0.25) is 0 Å². The highest BCUT2D eigenvalue weighted by atomic mass is 35.5. The first-order chi connectivity index (χ1) is 11.6. The van der Waals surface area contributed by atoms with Gasteiger partial charge in [0.2, 0.25) is 10.0 Å². The van der Waals surface area contributed by atoms with Gasteiger partial charge in [0.05, 0.1) is 11.6 Å². The summed E-state index contributed by atoms with van der Waals surface area (Å²) in [6, 6.07) is 7.43.